The van der Waals surface area contributed by atoms with Crippen LogP contribution in [0.15, 0.2) is 18.5 Å². The average molecular weight is 207 g/mol. The summed E-state index contributed by atoms with van der Waals surface area (Å²) in [6, 6.07) is 2.00. The molecule has 1 aromatic heterocycles. The van der Waals surface area contributed by atoms with Gasteiger partial charge >= 0.3 is 0 Å². The Morgan fingerprint density at radius 3 is 3.00 bits per heavy atom. The summed E-state index contributed by atoms with van der Waals surface area (Å²) in [4.78, 5) is 4.15. The molecule has 1 aromatic rings. The Morgan fingerprint density at radius 1 is 1.47 bits per heavy atom. The third-order valence-electron chi connectivity index (χ3n) is 2.95. The summed E-state index contributed by atoms with van der Waals surface area (Å²) in [7, 11) is 0. The molecule has 1 aliphatic rings. The van der Waals surface area contributed by atoms with Crippen LogP contribution in [0, 0.1) is 0 Å². The molecule has 0 bridgehead atoms. The Bertz CT molecular complexity index is 327. The molecule has 1 saturated carbocycles. The van der Waals surface area contributed by atoms with Crippen molar-refractivity contribution in [3.05, 3.63) is 24.0 Å². The number of hydrogen-bond donors (Lipinski definition) is 1. The standard InChI is InChI=1S/C12H17NO2/c1-2-15-10-6-9(7-13-8-10)11-4-3-5-12(11)14/h6-8,11-12,14H,2-5H2,1H3. The van der Waals surface area contributed by atoms with Crippen LogP contribution in [0.5, 0.6) is 5.75 Å². The van der Waals surface area contributed by atoms with Crippen molar-refractivity contribution in [3.8, 4) is 5.75 Å². The van der Waals surface area contributed by atoms with Gasteiger partial charge in [0.25, 0.3) is 0 Å². The predicted octanol–water partition coefficient (Wildman–Crippen LogP) is 2.11. The Balaban J connectivity index is 2.16. The summed E-state index contributed by atoms with van der Waals surface area (Å²) in [6.07, 6.45) is 6.41. The molecule has 2 atom stereocenters. The second kappa shape index (κ2) is 4.62. The van der Waals surface area contributed by atoms with Gasteiger partial charge in [0.15, 0.2) is 0 Å². The van der Waals surface area contributed by atoms with Crippen molar-refractivity contribution < 1.29 is 9.84 Å². The van der Waals surface area contributed by atoms with E-state index in [1.54, 1.807) is 6.20 Å². The highest BCUT2D eigenvalue weighted by Crippen LogP contribution is 2.35. The zero-order valence-corrected chi connectivity index (χ0v) is 9.02. The topological polar surface area (TPSA) is 42.4 Å². The maximum absolute atomic E-state index is 9.79. The summed E-state index contributed by atoms with van der Waals surface area (Å²) in [6.45, 7) is 2.61. The monoisotopic (exact) mass is 207 g/mol. The molecular formula is C12H17NO2. The van der Waals surface area contributed by atoms with Crippen LogP contribution in [-0.4, -0.2) is 22.8 Å². The van der Waals surface area contributed by atoms with Crippen molar-refractivity contribution >= 4 is 0 Å². The van der Waals surface area contributed by atoms with Gasteiger partial charge in [-0.2, -0.15) is 0 Å². The number of aliphatic hydroxyl groups is 1. The molecule has 0 saturated heterocycles. The predicted molar refractivity (Wildman–Crippen MR) is 58.0 cm³/mol. The van der Waals surface area contributed by atoms with E-state index in [4.69, 9.17) is 4.74 Å². The van der Waals surface area contributed by atoms with Gasteiger partial charge in [0.2, 0.25) is 0 Å². The molecule has 15 heavy (non-hydrogen) atoms. The Morgan fingerprint density at radius 2 is 2.33 bits per heavy atom. The lowest BCUT2D eigenvalue weighted by molar-refractivity contribution is 0.163. The molecule has 1 heterocycles. The Kier molecular flexibility index (Phi) is 3.21. The molecule has 2 unspecified atom stereocenters. The van der Waals surface area contributed by atoms with Crippen molar-refractivity contribution in [2.75, 3.05) is 6.61 Å². The third kappa shape index (κ3) is 2.29. The first-order valence-electron chi connectivity index (χ1n) is 5.57. The van der Waals surface area contributed by atoms with E-state index >= 15 is 0 Å². The van der Waals surface area contributed by atoms with Crippen molar-refractivity contribution in [2.24, 2.45) is 0 Å². The van der Waals surface area contributed by atoms with E-state index < -0.39 is 0 Å². The highest BCUT2D eigenvalue weighted by molar-refractivity contribution is 5.27. The normalized spacial score (nSPS) is 25.5. The summed E-state index contributed by atoms with van der Waals surface area (Å²) >= 11 is 0. The van der Waals surface area contributed by atoms with Crippen LogP contribution in [0.4, 0.5) is 0 Å². The number of aliphatic hydroxyl groups excluding tert-OH is 1. The molecule has 0 aromatic carbocycles. The highest BCUT2D eigenvalue weighted by atomic mass is 16.5. The fraction of sp³-hybridized carbons (Fsp3) is 0.583. The fourth-order valence-electron chi connectivity index (χ4n) is 2.21. The third-order valence-corrected chi connectivity index (χ3v) is 2.95. The van der Waals surface area contributed by atoms with Gasteiger partial charge in [-0.25, -0.2) is 0 Å². The van der Waals surface area contributed by atoms with Crippen LogP contribution < -0.4 is 4.74 Å². The van der Waals surface area contributed by atoms with Crippen LogP contribution >= 0.6 is 0 Å². The Labute approximate surface area is 90.1 Å². The number of pyridine rings is 1. The van der Waals surface area contributed by atoms with Crippen molar-refractivity contribution in [3.63, 3.8) is 0 Å². The summed E-state index contributed by atoms with van der Waals surface area (Å²) < 4.78 is 5.40. The average Bonchev–Trinajstić information content (AvgIpc) is 2.65. The minimum atomic E-state index is -0.205. The number of rotatable bonds is 3. The van der Waals surface area contributed by atoms with Crippen molar-refractivity contribution in [2.45, 2.75) is 38.2 Å². The van der Waals surface area contributed by atoms with Crippen LogP contribution in [0.25, 0.3) is 0 Å². The van der Waals surface area contributed by atoms with E-state index in [2.05, 4.69) is 4.98 Å². The second-order valence-electron chi connectivity index (χ2n) is 3.99. The molecule has 82 valence electrons. The number of ether oxygens (including phenoxy) is 1. The quantitative estimate of drug-likeness (QED) is 0.825. The number of aromatic nitrogens is 1. The molecule has 0 amide bonds. The molecule has 3 heteroatoms. The summed E-state index contributed by atoms with van der Waals surface area (Å²) in [5.74, 6) is 1.05. The molecular weight excluding hydrogens is 190 g/mol. The molecule has 0 spiro atoms. The zero-order valence-electron chi connectivity index (χ0n) is 9.02. The maximum atomic E-state index is 9.79. The second-order valence-corrected chi connectivity index (χ2v) is 3.99. The Hall–Kier alpha value is -1.09. The minimum Gasteiger partial charge on any atom is -0.492 e. The first-order valence-corrected chi connectivity index (χ1v) is 5.57. The molecule has 1 aliphatic carbocycles. The van der Waals surface area contributed by atoms with Crippen molar-refractivity contribution in [1.82, 2.24) is 4.98 Å². The zero-order chi connectivity index (χ0) is 10.7. The maximum Gasteiger partial charge on any atom is 0.137 e. The first kappa shape index (κ1) is 10.4. The first-order chi connectivity index (χ1) is 7.31. The SMILES string of the molecule is CCOc1cncc(C2CCCC2O)c1. The van der Waals surface area contributed by atoms with E-state index in [1.165, 1.54) is 0 Å². The van der Waals surface area contributed by atoms with Crippen LogP contribution in [0.3, 0.4) is 0 Å². The van der Waals surface area contributed by atoms with Gasteiger partial charge in [-0.1, -0.05) is 6.42 Å². The van der Waals surface area contributed by atoms with Gasteiger partial charge < -0.3 is 9.84 Å². The van der Waals surface area contributed by atoms with Gasteiger partial charge in [-0.3, -0.25) is 4.98 Å². The van der Waals surface area contributed by atoms with E-state index in [0.717, 1.165) is 30.6 Å². The van der Waals surface area contributed by atoms with Crippen LogP contribution in [-0.2, 0) is 0 Å². The van der Waals surface area contributed by atoms with Gasteiger partial charge in [-0.05, 0) is 31.4 Å². The van der Waals surface area contributed by atoms with Gasteiger partial charge in [-0.15, -0.1) is 0 Å². The molecule has 0 radical (unpaired) electrons. The van der Waals surface area contributed by atoms with E-state index in [1.807, 2.05) is 19.2 Å². The number of hydrogen-bond acceptors (Lipinski definition) is 3. The lowest BCUT2D eigenvalue weighted by Gasteiger charge is -2.15. The lowest BCUT2D eigenvalue weighted by atomic mass is 9.97. The van der Waals surface area contributed by atoms with E-state index in [-0.39, 0.29) is 12.0 Å². The van der Waals surface area contributed by atoms with Crippen LogP contribution in [0.1, 0.15) is 37.7 Å². The van der Waals surface area contributed by atoms with E-state index in [9.17, 15) is 5.11 Å². The summed E-state index contributed by atoms with van der Waals surface area (Å²) in [5.41, 5.74) is 1.10. The van der Waals surface area contributed by atoms with Gasteiger partial charge in [0, 0.05) is 12.1 Å². The minimum absolute atomic E-state index is 0.205. The molecule has 0 aliphatic heterocycles. The molecule has 1 N–H and O–H groups in total. The fourth-order valence-corrected chi connectivity index (χ4v) is 2.21. The highest BCUT2D eigenvalue weighted by Gasteiger charge is 2.27. The van der Waals surface area contributed by atoms with Gasteiger partial charge in [0.05, 0.1) is 18.9 Å². The number of nitrogens with zero attached hydrogens (tertiary/aromatic N) is 1. The van der Waals surface area contributed by atoms with Gasteiger partial charge in [0.1, 0.15) is 5.75 Å². The molecule has 3 nitrogen and oxygen atoms in total. The van der Waals surface area contributed by atoms with Crippen LogP contribution in [0.2, 0.25) is 0 Å². The largest absolute Gasteiger partial charge is 0.492 e. The molecule has 2 rings (SSSR count). The summed E-state index contributed by atoms with van der Waals surface area (Å²) in [5, 5.41) is 9.79. The smallest absolute Gasteiger partial charge is 0.137 e. The van der Waals surface area contributed by atoms with Crippen molar-refractivity contribution in [1.29, 1.82) is 0 Å². The lowest BCUT2D eigenvalue weighted by Crippen LogP contribution is -2.11. The van der Waals surface area contributed by atoms with E-state index in [0.29, 0.717) is 6.61 Å². The molecule has 1 fully saturated rings.